The zero-order chi connectivity index (χ0) is 14.3. The van der Waals surface area contributed by atoms with Gasteiger partial charge in [-0.15, -0.1) is 0 Å². The van der Waals surface area contributed by atoms with Gasteiger partial charge in [-0.3, -0.25) is 0 Å². The second-order valence-corrected chi connectivity index (χ2v) is 5.67. The van der Waals surface area contributed by atoms with Gasteiger partial charge < -0.3 is 15.4 Å². The molecule has 3 nitrogen and oxygen atoms in total. The minimum atomic E-state index is 0.228. The van der Waals surface area contributed by atoms with Crippen LogP contribution in [0, 0.1) is 0 Å². The van der Waals surface area contributed by atoms with Gasteiger partial charge in [-0.05, 0) is 64.9 Å². The maximum atomic E-state index is 5.76. The summed E-state index contributed by atoms with van der Waals surface area (Å²) in [5, 5.41) is 0. The maximum Gasteiger partial charge on any atom is 0.119 e. The van der Waals surface area contributed by atoms with Crippen LogP contribution >= 0.6 is 0 Å². The molecular formula is C16H28N2O. The fourth-order valence-electron chi connectivity index (χ4n) is 2.02. The van der Waals surface area contributed by atoms with Crippen LogP contribution in [0.4, 0.5) is 0 Å². The van der Waals surface area contributed by atoms with Crippen LogP contribution in [-0.4, -0.2) is 30.6 Å². The molecule has 0 aliphatic heterocycles. The van der Waals surface area contributed by atoms with E-state index in [2.05, 4.69) is 31.0 Å². The van der Waals surface area contributed by atoms with E-state index in [0.29, 0.717) is 6.04 Å². The first-order valence-electron chi connectivity index (χ1n) is 7.17. The molecule has 19 heavy (non-hydrogen) atoms. The SMILES string of the molecule is CC(N)CCCN(C)Cc1ccc(OC(C)C)cc1. The van der Waals surface area contributed by atoms with E-state index in [4.69, 9.17) is 10.5 Å². The zero-order valence-corrected chi connectivity index (χ0v) is 12.7. The third-order valence-corrected chi connectivity index (χ3v) is 2.95. The lowest BCUT2D eigenvalue weighted by molar-refractivity contribution is 0.242. The first-order valence-corrected chi connectivity index (χ1v) is 7.17. The Balaban J connectivity index is 2.35. The molecule has 1 aromatic rings. The average Bonchev–Trinajstić information content (AvgIpc) is 2.30. The van der Waals surface area contributed by atoms with Crippen LogP contribution in [-0.2, 0) is 6.54 Å². The monoisotopic (exact) mass is 264 g/mol. The van der Waals surface area contributed by atoms with Crippen LogP contribution in [0.2, 0.25) is 0 Å². The number of nitrogens with two attached hydrogens (primary N) is 1. The van der Waals surface area contributed by atoms with Gasteiger partial charge in [0.25, 0.3) is 0 Å². The van der Waals surface area contributed by atoms with Crippen LogP contribution in [0.1, 0.15) is 39.2 Å². The molecule has 0 aliphatic rings. The Bertz CT molecular complexity index is 346. The predicted molar refractivity (Wildman–Crippen MR) is 81.4 cm³/mol. The summed E-state index contributed by atoms with van der Waals surface area (Å²) in [5.41, 5.74) is 7.07. The standard InChI is InChI=1S/C16H28N2O/c1-13(2)19-16-9-7-15(8-10-16)12-18(4)11-5-6-14(3)17/h7-10,13-14H,5-6,11-12,17H2,1-4H3. The Morgan fingerprint density at radius 1 is 1.16 bits per heavy atom. The van der Waals surface area contributed by atoms with Crippen molar-refractivity contribution in [3.8, 4) is 5.75 Å². The van der Waals surface area contributed by atoms with Gasteiger partial charge in [0.1, 0.15) is 5.75 Å². The molecule has 0 saturated carbocycles. The minimum Gasteiger partial charge on any atom is -0.491 e. The highest BCUT2D eigenvalue weighted by atomic mass is 16.5. The Morgan fingerprint density at radius 3 is 2.32 bits per heavy atom. The molecule has 1 unspecified atom stereocenters. The van der Waals surface area contributed by atoms with Crippen LogP contribution in [0.15, 0.2) is 24.3 Å². The highest BCUT2D eigenvalue weighted by molar-refractivity contribution is 5.27. The largest absolute Gasteiger partial charge is 0.491 e. The Hall–Kier alpha value is -1.06. The lowest BCUT2D eigenvalue weighted by atomic mass is 10.1. The van der Waals surface area contributed by atoms with Gasteiger partial charge in [0, 0.05) is 12.6 Å². The average molecular weight is 264 g/mol. The van der Waals surface area contributed by atoms with Crippen LogP contribution in [0.5, 0.6) is 5.75 Å². The number of nitrogens with zero attached hydrogens (tertiary/aromatic N) is 1. The number of benzene rings is 1. The molecule has 0 radical (unpaired) electrons. The summed E-state index contributed by atoms with van der Waals surface area (Å²) in [5.74, 6) is 0.943. The molecule has 0 amide bonds. The molecule has 0 saturated heterocycles. The van der Waals surface area contributed by atoms with Crippen molar-refractivity contribution in [2.75, 3.05) is 13.6 Å². The Morgan fingerprint density at radius 2 is 1.79 bits per heavy atom. The lowest BCUT2D eigenvalue weighted by Gasteiger charge is -2.17. The van der Waals surface area contributed by atoms with Crippen LogP contribution in [0.3, 0.4) is 0 Å². The van der Waals surface area contributed by atoms with Gasteiger partial charge in [0.15, 0.2) is 0 Å². The van der Waals surface area contributed by atoms with E-state index in [0.717, 1.165) is 31.7 Å². The Kier molecular flexibility index (Phi) is 6.89. The first kappa shape index (κ1) is 16.0. The van der Waals surface area contributed by atoms with Crippen molar-refractivity contribution in [2.24, 2.45) is 5.73 Å². The van der Waals surface area contributed by atoms with Crippen LogP contribution in [0.25, 0.3) is 0 Å². The molecule has 0 bridgehead atoms. The lowest BCUT2D eigenvalue weighted by Crippen LogP contribution is -2.22. The van der Waals surface area contributed by atoms with E-state index in [1.807, 2.05) is 26.0 Å². The normalized spacial score (nSPS) is 13.0. The highest BCUT2D eigenvalue weighted by Gasteiger charge is 2.03. The summed E-state index contributed by atoms with van der Waals surface area (Å²) in [6.45, 7) is 8.21. The van der Waals surface area contributed by atoms with E-state index in [1.165, 1.54) is 5.56 Å². The van der Waals surface area contributed by atoms with Crippen LogP contribution < -0.4 is 10.5 Å². The zero-order valence-electron chi connectivity index (χ0n) is 12.7. The molecule has 108 valence electrons. The summed E-state index contributed by atoms with van der Waals surface area (Å²) >= 11 is 0. The molecule has 0 aromatic heterocycles. The third kappa shape index (κ3) is 7.19. The number of hydrogen-bond acceptors (Lipinski definition) is 3. The van der Waals surface area contributed by atoms with E-state index < -0.39 is 0 Å². The molecule has 1 aromatic carbocycles. The Labute approximate surface area is 117 Å². The fraction of sp³-hybridized carbons (Fsp3) is 0.625. The molecular weight excluding hydrogens is 236 g/mol. The summed E-state index contributed by atoms with van der Waals surface area (Å²) < 4.78 is 5.64. The van der Waals surface area contributed by atoms with Gasteiger partial charge in [0.2, 0.25) is 0 Å². The van der Waals surface area contributed by atoms with Gasteiger partial charge in [-0.2, -0.15) is 0 Å². The van der Waals surface area contributed by atoms with Crippen molar-refractivity contribution >= 4 is 0 Å². The second kappa shape index (κ2) is 8.18. The van der Waals surface area contributed by atoms with Gasteiger partial charge in [0.05, 0.1) is 6.10 Å². The predicted octanol–water partition coefficient (Wildman–Crippen LogP) is 3.03. The summed E-state index contributed by atoms with van der Waals surface area (Å²) in [7, 11) is 2.15. The second-order valence-electron chi connectivity index (χ2n) is 5.67. The molecule has 0 heterocycles. The smallest absolute Gasteiger partial charge is 0.119 e. The van der Waals surface area contributed by atoms with Crippen molar-refractivity contribution in [3.05, 3.63) is 29.8 Å². The van der Waals surface area contributed by atoms with Crippen molar-refractivity contribution in [1.82, 2.24) is 4.90 Å². The van der Waals surface area contributed by atoms with Crippen molar-refractivity contribution in [1.29, 1.82) is 0 Å². The minimum absolute atomic E-state index is 0.228. The fourth-order valence-corrected chi connectivity index (χ4v) is 2.02. The molecule has 3 heteroatoms. The molecule has 0 aliphatic carbocycles. The molecule has 0 fully saturated rings. The van der Waals surface area contributed by atoms with Gasteiger partial charge in [-0.1, -0.05) is 12.1 Å². The van der Waals surface area contributed by atoms with Crippen molar-refractivity contribution in [3.63, 3.8) is 0 Å². The molecule has 2 N–H and O–H groups in total. The number of ether oxygens (including phenoxy) is 1. The number of hydrogen-bond donors (Lipinski definition) is 1. The molecule has 1 rings (SSSR count). The topological polar surface area (TPSA) is 38.5 Å². The maximum absolute atomic E-state index is 5.76. The van der Waals surface area contributed by atoms with Crippen molar-refractivity contribution in [2.45, 2.75) is 52.3 Å². The van der Waals surface area contributed by atoms with E-state index >= 15 is 0 Å². The third-order valence-electron chi connectivity index (χ3n) is 2.95. The van der Waals surface area contributed by atoms with Gasteiger partial charge >= 0.3 is 0 Å². The molecule has 1 atom stereocenters. The summed E-state index contributed by atoms with van der Waals surface area (Å²) in [4.78, 5) is 2.33. The summed E-state index contributed by atoms with van der Waals surface area (Å²) in [6.07, 6.45) is 2.47. The highest BCUT2D eigenvalue weighted by Crippen LogP contribution is 2.15. The van der Waals surface area contributed by atoms with E-state index in [9.17, 15) is 0 Å². The van der Waals surface area contributed by atoms with Gasteiger partial charge in [-0.25, -0.2) is 0 Å². The first-order chi connectivity index (χ1) is 8.97. The quantitative estimate of drug-likeness (QED) is 0.784. The van der Waals surface area contributed by atoms with E-state index in [-0.39, 0.29) is 6.10 Å². The number of rotatable bonds is 8. The van der Waals surface area contributed by atoms with Crippen molar-refractivity contribution < 1.29 is 4.74 Å². The summed E-state index contributed by atoms with van der Waals surface area (Å²) in [6, 6.07) is 8.68. The van der Waals surface area contributed by atoms with E-state index in [1.54, 1.807) is 0 Å². The molecule has 0 spiro atoms.